The number of carbonyl (C=O) groups is 4. The van der Waals surface area contributed by atoms with Gasteiger partial charge in [-0.2, -0.15) is 13.2 Å². The highest BCUT2D eigenvalue weighted by Crippen LogP contribution is 2.31. The molecule has 1 saturated heterocycles. The second-order valence-electron chi connectivity index (χ2n) is 11.3. The van der Waals surface area contributed by atoms with E-state index in [-0.39, 0.29) is 30.5 Å². The Labute approximate surface area is 248 Å². The van der Waals surface area contributed by atoms with Gasteiger partial charge in [0.05, 0.1) is 18.0 Å². The predicted molar refractivity (Wildman–Crippen MR) is 150 cm³/mol. The minimum atomic E-state index is -4.49. The van der Waals surface area contributed by atoms with Gasteiger partial charge in [-0.3, -0.25) is 24.4 Å². The van der Waals surface area contributed by atoms with E-state index in [9.17, 15) is 37.6 Å². The predicted octanol–water partition coefficient (Wildman–Crippen LogP) is 4.33. The van der Waals surface area contributed by atoms with Crippen molar-refractivity contribution >= 4 is 24.1 Å². The van der Waals surface area contributed by atoms with Crippen molar-refractivity contribution in [2.75, 3.05) is 19.6 Å². The molecule has 0 radical (unpaired) electrons. The lowest BCUT2D eigenvalue weighted by Crippen LogP contribution is -2.51. The molecular weight excluding hydrogens is 565 g/mol. The molecule has 4 rings (SSSR count). The molecule has 0 aromatic heterocycles. The molecule has 2 aromatic rings. The van der Waals surface area contributed by atoms with Crippen molar-refractivity contribution in [2.24, 2.45) is 11.8 Å². The maximum Gasteiger partial charge on any atom is 0.416 e. The molecule has 2 fully saturated rings. The average molecular weight is 603 g/mol. The molecule has 232 valence electrons. The summed E-state index contributed by atoms with van der Waals surface area (Å²) in [6, 6.07) is 11.6. The number of likely N-dealkylation sites (tertiary alicyclic amines) is 1. The first kappa shape index (κ1) is 32.0. The van der Waals surface area contributed by atoms with Crippen LogP contribution in [0.4, 0.5) is 13.2 Å². The Balaban J connectivity index is 1.39. The molecule has 1 aliphatic heterocycles. The molecule has 0 spiro atoms. The quantitative estimate of drug-likeness (QED) is 0.201. The third-order valence-corrected chi connectivity index (χ3v) is 8.28. The van der Waals surface area contributed by atoms with E-state index in [0.717, 1.165) is 49.9 Å². The van der Waals surface area contributed by atoms with Crippen LogP contribution in [0.2, 0.25) is 0 Å². The zero-order chi connectivity index (χ0) is 31.0. The number of hydrogen-bond donors (Lipinski definition) is 3. The van der Waals surface area contributed by atoms with Crippen molar-refractivity contribution in [1.29, 1.82) is 0 Å². The summed E-state index contributed by atoms with van der Waals surface area (Å²) < 4.78 is 38.5. The molecule has 12 heteroatoms. The highest BCUT2D eigenvalue weighted by atomic mass is 19.4. The van der Waals surface area contributed by atoms with Crippen molar-refractivity contribution in [3.8, 4) is 0 Å². The van der Waals surface area contributed by atoms with Gasteiger partial charge in [-0.1, -0.05) is 56.0 Å². The van der Waals surface area contributed by atoms with E-state index in [4.69, 9.17) is 0 Å². The van der Waals surface area contributed by atoms with E-state index in [2.05, 4.69) is 10.6 Å². The average Bonchev–Trinajstić information content (AvgIpc) is 3.52. The third kappa shape index (κ3) is 8.79. The summed E-state index contributed by atoms with van der Waals surface area (Å²) in [5.74, 6) is -1.62. The molecule has 1 heterocycles. The van der Waals surface area contributed by atoms with Crippen molar-refractivity contribution < 1.29 is 37.6 Å². The van der Waals surface area contributed by atoms with Crippen LogP contribution in [-0.4, -0.2) is 65.0 Å². The normalized spacial score (nSPS) is 17.6. The summed E-state index contributed by atoms with van der Waals surface area (Å²) in [6.07, 6.45) is 1.21. The molecular formula is C31H37F3N4O5. The van der Waals surface area contributed by atoms with Gasteiger partial charge in [-0.15, -0.1) is 0 Å². The lowest BCUT2D eigenvalue weighted by atomic mass is 9.91. The number of rotatable bonds is 11. The molecule has 43 heavy (non-hydrogen) atoms. The Morgan fingerprint density at radius 3 is 2.19 bits per heavy atom. The largest absolute Gasteiger partial charge is 0.416 e. The van der Waals surface area contributed by atoms with Gasteiger partial charge in [-0.25, -0.2) is 5.06 Å². The van der Waals surface area contributed by atoms with Crippen molar-refractivity contribution in [3.63, 3.8) is 0 Å². The lowest BCUT2D eigenvalue weighted by molar-refractivity contribution is -0.155. The van der Waals surface area contributed by atoms with Crippen LogP contribution < -0.4 is 10.6 Å². The molecule has 0 unspecified atom stereocenters. The minimum Gasteiger partial charge on any atom is -0.349 e. The van der Waals surface area contributed by atoms with Gasteiger partial charge in [0.2, 0.25) is 18.2 Å². The van der Waals surface area contributed by atoms with E-state index in [1.807, 2.05) is 0 Å². The number of hydrogen-bond acceptors (Lipinski definition) is 5. The highest BCUT2D eigenvalue weighted by molar-refractivity contribution is 5.94. The van der Waals surface area contributed by atoms with Gasteiger partial charge in [0.15, 0.2) is 0 Å². The van der Waals surface area contributed by atoms with E-state index in [1.54, 1.807) is 35.2 Å². The maximum absolute atomic E-state index is 13.8. The zero-order valence-electron chi connectivity index (χ0n) is 23.8. The van der Waals surface area contributed by atoms with Gasteiger partial charge in [-0.05, 0) is 55.0 Å². The summed E-state index contributed by atoms with van der Waals surface area (Å²) >= 11 is 0. The van der Waals surface area contributed by atoms with Crippen LogP contribution in [0.5, 0.6) is 0 Å². The Kier molecular flexibility index (Phi) is 10.8. The lowest BCUT2D eigenvalue weighted by Gasteiger charge is -2.35. The summed E-state index contributed by atoms with van der Waals surface area (Å²) in [6.45, 7) is 0.430. The fourth-order valence-corrected chi connectivity index (χ4v) is 5.88. The molecule has 3 N–H and O–H groups in total. The molecule has 2 aromatic carbocycles. The van der Waals surface area contributed by atoms with Crippen LogP contribution in [-0.2, 0) is 20.6 Å². The molecule has 2 aliphatic rings. The first-order chi connectivity index (χ1) is 20.5. The van der Waals surface area contributed by atoms with Crippen LogP contribution in [0, 0.1) is 11.8 Å². The SMILES string of the molecule is O=CN(O)C[C@@H](CC1CCCC1)C(=O)N[C@H](C(=O)N1CCC(NC(=O)c2ccc(C(F)(F)F)cc2)CC1)c1ccccc1. The highest BCUT2D eigenvalue weighted by Gasteiger charge is 2.34. The van der Waals surface area contributed by atoms with Gasteiger partial charge in [0.1, 0.15) is 6.04 Å². The summed E-state index contributed by atoms with van der Waals surface area (Å²) in [4.78, 5) is 52.6. The number of carbonyl (C=O) groups excluding carboxylic acids is 4. The van der Waals surface area contributed by atoms with Crippen molar-refractivity contribution in [1.82, 2.24) is 20.6 Å². The van der Waals surface area contributed by atoms with Crippen molar-refractivity contribution in [2.45, 2.75) is 63.2 Å². The van der Waals surface area contributed by atoms with Crippen LogP contribution in [0.25, 0.3) is 0 Å². The first-order valence-corrected chi connectivity index (χ1v) is 14.6. The molecule has 0 bridgehead atoms. The Bertz CT molecular complexity index is 1240. The monoisotopic (exact) mass is 602 g/mol. The Morgan fingerprint density at radius 1 is 0.977 bits per heavy atom. The minimum absolute atomic E-state index is 0.113. The Morgan fingerprint density at radius 2 is 1.60 bits per heavy atom. The number of nitrogens with zero attached hydrogens (tertiary/aromatic N) is 2. The molecule has 9 nitrogen and oxygen atoms in total. The van der Waals surface area contributed by atoms with Gasteiger partial charge < -0.3 is 15.5 Å². The van der Waals surface area contributed by atoms with Crippen LogP contribution in [0.1, 0.15) is 72.5 Å². The summed E-state index contributed by atoms with van der Waals surface area (Å²) in [5, 5.41) is 16.0. The van der Waals surface area contributed by atoms with E-state index >= 15 is 0 Å². The smallest absolute Gasteiger partial charge is 0.349 e. The number of halogens is 3. The second-order valence-corrected chi connectivity index (χ2v) is 11.3. The number of benzene rings is 2. The molecule has 1 saturated carbocycles. The number of nitrogens with one attached hydrogen (secondary N) is 2. The van der Waals surface area contributed by atoms with E-state index < -0.39 is 35.5 Å². The van der Waals surface area contributed by atoms with Gasteiger partial charge in [0, 0.05) is 24.7 Å². The topological polar surface area (TPSA) is 119 Å². The zero-order valence-corrected chi connectivity index (χ0v) is 23.8. The number of hydroxylamine groups is 2. The first-order valence-electron chi connectivity index (χ1n) is 14.6. The van der Waals surface area contributed by atoms with Crippen LogP contribution >= 0.6 is 0 Å². The van der Waals surface area contributed by atoms with E-state index in [1.165, 1.54) is 0 Å². The fourth-order valence-electron chi connectivity index (χ4n) is 5.88. The van der Waals surface area contributed by atoms with Crippen LogP contribution in [0.15, 0.2) is 54.6 Å². The molecule has 1 aliphatic carbocycles. The number of alkyl halides is 3. The molecule has 4 amide bonds. The standard InChI is InChI=1S/C31H37F3N4O5/c32-31(33,34)25-12-10-23(11-13-25)28(40)35-26-14-16-37(17-15-26)30(42)27(22-8-2-1-3-9-22)36-29(41)24(19-38(43)20-39)18-21-6-4-5-7-21/h1-3,8-13,20-21,24,26-27,43H,4-7,14-19H2,(H,35,40)(H,36,41)/t24-,27+/m1/s1. The number of piperidine rings is 1. The maximum atomic E-state index is 13.8. The summed E-state index contributed by atoms with van der Waals surface area (Å²) in [5.41, 5.74) is -0.130. The van der Waals surface area contributed by atoms with Crippen molar-refractivity contribution in [3.05, 3.63) is 71.3 Å². The van der Waals surface area contributed by atoms with Crippen LogP contribution in [0.3, 0.4) is 0 Å². The van der Waals surface area contributed by atoms with Gasteiger partial charge in [0.25, 0.3) is 5.91 Å². The second kappa shape index (κ2) is 14.5. The fraction of sp³-hybridized carbons (Fsp3) is 0.484. The van der Waals surface area contributed by atoms with E-state index in [0.29, 0.717) is 48.9 Å². The van der Waals surface area contributed by atoms with Gasteiger partial charge >= 0.3 is 6.18 Å². The third-order valence-electron chi connectivity index (χ3n) is 8.28. The summed E-state index contributed by atoms with van der Waals surface area (Å²) in [7, 11) is 0. The Hall–Kier alpha value is -3.93. The number of amides is 4. The molecule has 2 atom stereocenters.